The van der Waals surface area contributed by atoms with Crippen molar-refractivity contribution in [2.75, 3.05) is 6.54 Å². The number of carbonyl (C=O) groups is 1. The van der Waals surface area contributed by atoms with Crippen LogP contribution in [-0.2, 0) is 22.5 Å². The zero-order chi connectivity index (χ0) is 17.6. The molecule has 0 spiro atoms. The summed E-state index contributed by atoms with van der Waals surface area (Å²) in [5, 5.41) is 40.7. The van der Waals surface area contributed by atoms with Crippen LogP contribution in [0.1, 0.15) is 11.1 Å². The van der Waals surface area contributed by atoms with Gasteiger partial charge in [-0.25, -0.2) is 0 Å². The van der Waals surface area contributed by atoms with Gasteiger partial charge < -0.3 is 15.1 Å². The lowest BCUT2D eigenvalue weighted by atomic mass is 10.0. The Morgan fingerprint density at radius 3 is 2.43 bits per heavy atom. The van der Waals surface area contributed by atoms with Crippen LogP contribution < -0.4 is 0 Å². The molecule has 0 saturated heterocycles. The number of nitroso groups, excluding NO2 is 1. The van der Waals surface area contributed by atoms with Crippen LogP contribution in [0.5, 0.6) is 5.75 Å². The van der Waals surface area contributed by atoms with Gasteiger partial charge in [-0.15, -0.1) is 15.0 Å². The number of aromatic hydroxyl groups is 1. The highest BCUT2D eigenvalue weighted by Crippen LogP contribution is 2.30. The molecule has 1 atom stereocenters. The Hall–Kier alpha value is -3.31. The zero-order valence-electron chi connectivity index (χ0n) is 11.4. The molecular weight excluding hydrogens is 318 g/mol. The Morgan fingerprint density at radius 2 is 1.96 bits per heavy atom. The van der Waals surface area contributed by atoms with E-state index in [-0.39, 0.29) is 16.8 Å². The third-order valence-electron chi connectivity index (χ3n) is 2.76. The number of nitrogens with zero attached hydrogens (tertiary/aromatic N) is 3. The van der Waals surface area contributed by atoms with Crippen LogP contribution >= 0.6 is 0 Å². The summed E-state index contributed by atoms with van der Waals surface area (Å²) < 4.78 is 0. The highest BCUT2D eigenvalue weighted by atomic mass is 17.0. The van der Waals surface area contributed by atoms with Crippen LogP contribution in [0.3, 0.4) is 0 Å². The summed E-state index contributed by atoms with van der Waals surface area (Å²) in [6.07, 6.45) is -2.51. The molecule has 0 aliphatic rings. The third kappa shape index (κ3) is 5.53. The molecule has 1 rings (SSSR count). The van der Waals surface area contributed by atoms with Gasteiger partial charge in [0, 0.05) is 16.9 Å². The number of carboxylic acid groups (broad SMARTS) is 1. The van der Waals surface area contributed by atoms with E-state index in [4.69, 9.17) is 5.11 Å². The molecule has 0 saturated carbocycles. The first-order valence-corrected chi connectivity index (χ1v) is 6.05. The van der Waals surface area contributed by atoms with E-state index in [9.17, 15) is 35.0 Å². The molecule has 0 heterocycles. The van der Waals surface area contributed by atoms with Crippen LogP contribution in [0, 0.1) is 25.1 Å². The number of phenols is 1. The molecule has 1 unspecified atom stereocenters. The number of benzene rings is 1. The highest BCUT2D eigenvalue weighted by molar-refractivity contribution is 5.72. The molecule has 0 aromatic heterocycles. The van der Waals surface area contributed by atoms with E-state index in [1.807, 2.05) is 0 Å². The van der Waals surface area contributed by atoms with Crippen LogP contribution in [-0.4, -0.2) is 38.8 Å². The largest absolute Gasteiger partial charge is 0.508 e. The standard InChI is InChI=1S/C11H11N3O9/c15-10-3-6(1-8(5-13(19)20)23-14(21)22)9(12-18)2-7(10)4-11(16)17/h2-3,8,15H,1,4-5H2,(H,16,17). The molecule has 12 nitrogen and oxygen atoms in total. The predicted molar refractivity (Wildman–Crippen MR) is 72.3 cm³/mol. The third-order valence-corrected chi connectivity index (χ3v) is 2.76. The SMILES string of the molecule is O=Nc1cc(CC(=O)O)c(O)cc1CC(C[N+](=O)[O-])O[N+](=O)[O-]. The molecule has 0 aliphatic carbocycles. The van der Waals surface area contributed by atoms with Gasteiger partial charge in [0.2, 0.25) is 6.54 Å². The van der Waals surface area contributed by atoms with Gasteiger partial charge in [0.25, 0.3) is 5.09 Å². The Labute approximate surface area is 127 Å². The summed E-state index contributed by atoms with van der Waals surface area (Å²) in [6, 6.07) is 1.98. The molecule has 12 heteroatoms. The van der Waals surface area contributed by atoms with Crippen LogP contribution in [0.4, 0.5) is 5.69 Å². The smallest absolute Gasteiger partial charge is 0.307 e. The van der Waals surface area contributed by atoms with Crippen molar-refractivity contribution in [2.24, 2.45) is 5.18 Å². The van der Waals surface area contributed by atoms with Gasteiger partial charge in [0.1, 0.15) is 11.4 Å². The normalized spacial score (nSPS) is 11.5. The molecule has 0 amide bonds. The molecule has 1 aromatic carbocycles. The number of aliphatic carboxylic acids is 1. The first-order valence-electron chi connectivity index (χ1n) is 6.05. The summed E-state index contributed by atoms with van der Waals surface area (Å²) in [7, 11) is 0. The molecule has 2 N–H and O–H groups in total. The molecule has 0 fully saturated rings. The number of carboxylic acids is 1. The maximum atomic E-state index is 10.8. The molecule has 1 aromatic rings. The van der Waals surface area contributed by atoms with E-state index in [0.717, 1.165) is 12.1 Å². The molecule has 124 valence electrons. The molecular formula is C11H11N3O9. The lowest BCUT2D eigenvalue weighted by Crippen LogP contribution is -2.28. The van der Waals surface area contributed by atoms with Crippen molar-refractivity contribution in [3.8, 4) is 5.75 Å². The maximum Gasteiger partial charge on any atom is 0.307 e. The fraction of sp³-hybridized carbons (Fsp3) is 0.364. The highest BCUT2D eigenvalue weighted by Gasteiger charge is 2.23. The van der Waals surface area contributed by atoms with Gasteiger partial charge in [-0.1, -0.05) is 0 Å². The van der Waals surface area contributed by atoms with E-state index in [0.29, 0.717) is 0 Å². The van der Waals surface area contributed by atoms with E-state index in [1.165, 1.54) is 0 Å². The van der Waals surface area contributed by atoms with E-state index >= 15 is 0 Å². The average Bonchev–Trinajstić information content (AvgIpc) is 2.39. The maximum absolute atomic E-state index is 10.8. The second kappa shape index (κ2) is 7.63. The number of rotatable bonds is 9. The van der Waals surface area contributed by atoms with Crippen molar-refractivity contribution in [2.45, 2.75) is 18.9 Å². The van der Waals surface area contributed by atoms with E-state index in [2.05, 4.69) is 10.0 Å². The minimum Gasteiger partial charge on any atom is -0.508 e. The topological polar surface area (TPSA) is 182 Å². The van der Waals surface area contributed by atoms with Gasteiger partial charge in [-0.3, -0.25) is 14.9 Å². The average molecular weight is 329 g/mol. The fourth-order valence-corrected chi connectivity index (χ4v) is 1.88. The zero-order valence-corrected chi connectivity index (χ0v) is 11.4. The summed E-state index contributed by atoms with van der Waals surface area (Å²) in [5.41, 5.74) is -0.420. The summed E-state index contributed by atoms with van der Waals surface area (Å²) >= 11 is 0. The van der Waals surface area contributed by atoms with E-state index < -0.39 is 47.2 Å². The second-order valence-corrected chi connectivity index (χ2v) is 4.44. The summed E-state index contributed by atoms with van der Waals surface area (Å²) in [4.78, 5) is 45.6. The van der Waals surface area contributed by atoms with Gasteiger partial charge in [0.15, 0.2) is 6.10 Å². The fourth-order valence-electron chi connectivity index (χ4n) is 1.88. The molecule has 23 heavy (non-hydrogen) atoms. The first-order chi connectivity index (χ1) is 10.7. The lowest BCUT2D eigenvalue weighted by Gasteiger charge is -2.13. The van der Waals surface area contributed by atoms with Crippen molar-refractivity contribution in [3.05, 3.63) is 48.4 Å². The van der Waals surface area contributed by atoms with Crippen molar-refractivity contribution >= 4 is 11.7 Å². The summed E-state index contributed by atoms with van der Waals surface area (Å²) in [6.45, 7) is -0.906. The molecule has 0 bridgehead atoms. The van der Waals surface area contributed by atoms with Gasteiger partial charge in [-0.2, -0.15) is 0 Å². The Balaban J connectivity index is 3.11. The molecule has 0 aliphatic heterocycles. The number of phenolic OH excluding ortho intramolecular Hbond substituents is 1. The Bertz CT molecular complexity index is 630. The van der Waals surface area contributed by atoms with Crippen LogP contribution in [0.15, 0.2) is 17.3 Å². The van der Waals surface area contributed by atoms with Gasteiger partial charge in [0.05, 0.1) is 6.42 Å². The number of hydrogen-bond donors (Lipinski definition) is 2. The minimum atomic E-state index is -1.50. The predicted octanol–water partition coefficient (Wildman–Crippen LogP) is 0.813. The van der Waals surface area contributed by atoms with Gasteiger partial charge >= 0.3 is 5.97 Å². The van der Waals surface area contributed by atoms with Crippen molar-refractivity contribution in [1.82, 2.24) is 0 Å². The monoisotopic (exact) mass is 329 g/mol. The Morgan fingerprint density at radius 1 is 1.30 bits per heavy atom. The minimum absolute atomic E-state index is 0.0414. The lowest BCUT2D eigenvalue weighted by molar-refractivity contribution is -0.774. The van der Waals surface area contributed by atoms with Crippen LogP contribution in [0.2, 0.25) is 0 Å². The second-order valence-electron chi connectivity index (χ2n) is 4.44. The Kier molecular flexibility index (Phi) is 5.88. The number of hydrogen-bond acceptors (Lipinski definition) is 9. The van der Waals surface area contributed by atoms with Gasteiger partial charge in [-0.05, 0) is 22.9 Å². The van der Waals surface area contributed by atoms with Crippen LogP contribution in [0.25, 0.3) is 0 Å². The summed E-state index contributed by atoms with van der Waals surface area (Å²) in [5.74, 6) is -1.73. The van der Waals surface area contributed by atoms with E-state index in [1.54, 1.807) is 0 Å². The van der Waals surface area contributed by atoms with Crippen molar-refractivity contribution in [1.29, 1.82) is 0 Å². The van der Waals surface area contributed by atoms with Crippen molar-refractivity contribution < 1.29 is 29.9 Å². The molecule has 0 radical (unpaired) electrons. The number of nitro groups is 1. The first kappa shape index (κ1) is 17.7. The quantitative estimate of drug-likeness (QED) is 0.376. The van der Waals surface area contributed by atoms with Crippen molar-refractivity contribution in [3.63, 3.8) is 0 Å².